The summed E-state index contributed by atoms with van der Waals surface area (Å²) in [4.78, 5) is 22.6. The van der Waals surface area contributed by atoms with Gasteiger partial charge < -0.3 is 19.1 Å². The zero-order chi connectivity index (χ0) is 19.6. The molecule has 3 rings (SSSR count). The molecule has 2 aromatic heterocycles. The number of carbonyl (C=O) groups excluding carboxylic acids is 1. The first kappa shape index (κ1) is 19.6. The van der Waals surface area contributed by atoms with Crippen molar-refractivity contribution >= 4 is 28.6 Å². The third-order valence-corrected chi connectivity index (χ3v) is 4.27. The van der Waals surface area contributed by atoms with E-state index < -0.39 is 5.60 Å². The number of pyridine rings is 2. The lowest BCUT2D eigenvalue weighted by Gasteiger charge is -2.38. The van der Waals surface area contributed by atoms with Gasteiger partial charge in [0.1, 0.15) is 23.5 Å². The fourth-order valence-electron chi connectivity index (χ4n) is 2.79. The molecule has 2 aromatic rings. The first-order chi connectivity index (χ1) is 12.7. The smallest absolute Gasteiger partial charge is 0.410 e. The maximum absolute atomic E-state index is 12.4. The third kappa shape index (κ3) is 4.99. The van der Waals surface area contributed by atoms with Gasteiger partial charge in [0.05, 0.1) is 30.1 Å². The second-order valence-corrected chi connectivity index (χ2v) is 7.96. The Morgan fingerprint density at radius 2 is 2.22 bits per heavy atom. The molecule has 0 radical (unpaired) electrons. The molecule has 27 heavy (non-hydrogen) atoms. The van der Waals surface area contributed by atoms with E-state index in [9.17, 15) is 4.79 Å². The van der Waals surface area contributed by atoms with Crippen LogP contribution in [0.1, 0.15) is 27.7 Å². The van der Waals surface area contributed by atoms with E-state index in [1.807, 2.05) is 39.8 Å². The van der Waals surface area contributed by atoms with Crippen molar-refractivity contribution in [3.63, 3.8) is 0 Å². The number of carbonyl (C=O) groups is 1. The van der Waals surface area contributed by atoms with Crippen molar-refractivity contribution in [3.8, 4) is 5.88 Å². The van der Waals surface area contributed by atoms with Crippen LogP contribution in [0.2, 0.25) is 5.15 Å². The number of rotatable bonds is 3. The molecule has 0 aromatic carbocycles. The average molecular weight is 394 g/mol. The topological polar surface area (TPSA) is 73.8 Å². The fourth-order valence-corrected chi connectivity index (χ4v) is 2.97. The number of amides is 1. The molecule has 0 spiro atoms. The lowest BCUT2D eigenvalue weighted by Crippen LogP contribution is -2.53. The Labute approximate surface area is 163 Å². The molecule has 1 aliphatic heterocycles. The van der Waals surface area contributed by atoms with Crippen LogP contribution in [-0.2, 0) is 9.47 Å². The second-order valence-electron chi connectivity index (χ2n) is 7.57. The van der Waals surface area contributed by atoms with Crippen molar-refractivity contribution in [1.82, 2.24) is 14.9 Å². The van der Waals surface area contributed by atoms with E-state index in [0.717, 1.165) is 5.39 Å². The van der Waals surface area contributed by atoms with E-state index in [0.29, 0.717) is 29.7 Å². The van der Waals surface area contributed by atoms with Crippen LogP contribution < -0.4 is 4.74 Å². The molecule has 0 aliphatic carbocycles. The summed E-state index contributed by atoms with van der Waals surface area (Å²) in [5.41, 5.74) is 0.165. The first-order valence-corrected chi connectivity index (χ1v) is 9.26. The predicted molar refractivity (Wildman–Crippen MR) is 102 cm³/mol. The minimum absolute atomic E-state index is 0.0644. The Bertz CT molecular complexity index is 824. The minimum atomic E-state index is -0.544. The summed E-state index contributed by atoms with van der Waals surface area (Å²) in [6.07, 6.45) is 1.05. The van der Waals surface area contributed by atoms with Crippen LogP contribution in [0.4, 0.5) is 4.79 Å². The zero-order valence-corrected chi connectivity index (χ0v) is 16.7. The number of hydrogen-bond donors (Lipinski definition) is 0. The van der Waals surface area contributed by atoms with Gasteiger partial charge in [-0.05, 0) is 39.8 Å². The number of fused-ring (bicyclic) bond motifs is 1. The molecule has 0 saturated carbocycles. The number of hydrogen-bond acceptors (Lipinski definition) is 6. The summed E-state index contributed by atoms with van der Waals surface area (Å²) in [6.45, 7) is 8.51. The van der Waals surface area contributed by atoms with Crippen LogP contribution in [-0.4, -0.2) is 58.5 Å². The van der Waals surface area contributed by atoms with E-state index >= 15 is 0 Å². The van der Waals surface area contributed by atoms with E-state index in [1.165, 1.54) is 0 Å². The molecule has 146 valence electrons. The van der Waals surface area contributed by atoms with Gasteiger partial charge in [0.25, 0.3) is 0 Å². The Morgan fingerprint density at radius 3 is 2.96 bits per heavy atom. The van der Waals surface area contributed by atoms with Crippen molar-refractivity contribution in [2.75, 3.05) is 19.8 Å². The normalized spacial score (nSPS) is 20.6. The molecule has 0 bridgehead atoms. The number of nitrogens with zero attached hydrogens (tertiary/aromatic N) is 3. The summed E-state index contributed by atoms with van der Waals surface area (Å²) >= 11 is 6.06. The highest BCUT2D eigenvalue weighted by atomic mass is 35.5. The molecule has 0 N–H and O–H groups in total. The van der Waals surface area contributed by atoms with E-state index in [2.05, 4.69) is 9.97 Å². The van der Waals surface area contributed by atoms with Crippen molar-refractivity contribution < 1.29 is 19.0 Å². The van der Waals surface area contributed by atoms with Gasteiger partial charge in [-0.3, -0.25) is 4.98 Å². The standard InChI is InChI=1S/C19H24ClN3O4/c1-12-10-25-13(9-23(12)18(24)27-19(2,3)4)11-26-17-14-6-5-7-21-15(14)8-16(20)22-17/h5-8,12-13H,9-11H2,1-4H3/t12-,13+/m1/s1. The van der Waals surface area contributed by atoms with Gasteiger partial charge in [-0.25, -0.2) is 9.78 Å². The van der Waals surface area contributed by atoms with Gasteiger partial charge in [0, 0.05) is 12.3 Å². The molecule has 1 saturated heterocycles. The van der Waals surface area contributed by atoms with Gasteiger partial charge >= 0.3 is 6.09 Å². The summed E-state index contributed by atoms with van der Waals surface area (Å²) in [7, 11) is 0. The lowest BCUT2D eigenvalue weighted by atomic mass is 10.2. The van der Waals surface area contributed by atoms with E-state index in [-0.39, 0.29) is 24.8 Å². The SMILES string of the molecule is C[C@@H]1CO[C@H](COc2nc(Cl)cc3ncccc23)CN1C(=O)OC(C)(C)C. The molecule has 1 aliphatic rings. The van der Waals surface area contributed by atoms with Gasteiger partial charge in [0.15, 0.2) is 0 Å². The Hall–Kier alpha value is -2.12. The van der Waals surface area contributed by atoms with Gasteiger partial charge in [-0.15, -0.1) is 0 Å². The fraction of sp³-hybridized carbons (Fsp3) is 0.526. The van der Waals surface area contributed by atoms with Crippen LogP contribution in [0.15, 0.2) is 24.4 Å². The van der Waals surface area contributed by atoms with Crippen LogP contribution in [0.5, 0.6) is 5.88 Å². The predicted octanol–water partition coefficient (Wildman–Crippen LogP) is 3.69. The molecule has 0 unspecified atom stereocenters. The summed E-state index contributed by atoms with van der Waals surface area (Å²) in [6, 6.07) is 5.31. The molecule has 7 nitrogen and oxygen atoms in total. The van der Waals surface area contributed by atoms with Crippen molar-refractivity contribution in [1.29, 1.82) is 0 Å². The highest BCUT2D eigenvalue weighted by Crippen LogP contribution is 2.25. The Balaban J connectivity index is 1.67. The Morgan fingerprint density at radius 1 is 1.44 bits per heavy atom. The minimum Gasteiger partial charge on any atom is -0.474 e. The van der Waals surface area contributed by atoms with Gasteiger partial charge in [-0.2, -0.15) is 0 Å². The molecule has 1 fully saturated rings. The second kappa shape index (κ2) is 7.86. The molecular formula is C19H24ClN3O4. The number of ether oxygens (including phenoxy) is 3. The van der Waals surface area contributed by atoms with E-state index in [1.54, 1.807) is 17.2 Å². The summed E-state index contributed by atoms with van der Waals surface area (Å²) in [5.74, 6) is 0.400. The maximum atomic E-state index is 12.4. The van der Waals surface area contributed by atoms with Crippen molar-refractivity contribution in [2.45, 2.75) is 45.4 Å². The molecular weight excluding hydrogens is 370 g/mol. The number of aromatic nitrogens is 2. The van der Waals surface area contributed by atoms with Crippen LogP contribution in [0.3, 0.4) is 0 Å². The lowest BCUT2D eigenvalue weighted by molar-refractivity contribution is -0.0776. The quantitative estimate of drug-likeness (QED) is 0.740. The maximum Gasteiger partial charge on any atom is 0.410 e. The monoisotopic (exact) mass is 393 g/mol. The Kier molecular flexibility index (Phi) is 5.72. The van der Waals surface area contributed by atoms with Crippen molar-refractivity contribution in [3.05, 3.63) is 29.5 Å². The first-order valence-electron chi connectivity index (χ1n) is 8.88. The van der Waals surface area contributed by atoms with Crippen LogP contribution >= 0.6 is 11.6 Å². The average Bonchev–Trinajstić information content (AvgIpc) is 2.59. The number of halogens is 1. The molecule has 2 atom stereocenters. The highest BCUT2D eigenvalue weighted by molar-refractivity contribution is 6.30. The van der Waals surface area contributed by atoms with Crippen molar-refractivity contribution in [2.24, 2.45) is 0 Å². The van der Waals surface area contributed by atoms with Crippen LogP contribution in [0.25, 0.3) is 10.9 Å². The molecule has 3 heterocycles. The van der Waals surface area contributed by atoms with E-state index in [4.69, 9.17) is 25.8 Å². The zero-order valence-electron chi connectivity index (χ0n) is 15.9. The summed E-state index contributed by atoms with van der Waals surface area (Å²) < 4.78 is 17.2. The molecule has 1 amide bonds. The highest BCUT2D eigenvalue weighted by Gasteiger charge is 2.33. The van der Waals surface area contributed by atoms with Crippen LogP contribution in [0, 0.1) is 0 Å². The van der Waals surface area contributed by atoms with Gasteiger partial charge in [-0.1, -0.05) is 11.6 Å². The summed E-state index contributed by atoms with van der Waals surface area (Å²) in [5, 5.41) is 1.08. The third-order valence-electron chi connectivity index (χ3n) is 4.07. The molecule has 8 heteroatoms. The van der Waals surface area contributed by atoms with Gasteiger partial charge in [0.2, 0.25) is 5.88 Å². The largest absolute Gasteiger partial charge is 0.474 e. The number of morpholine rings is 1.